The van der Waals surface area contributed by atoms with Gasteiger partial charge in [-0.2, -0.15) is 13.2 Å². The molecular weight excluding hydrogens is 569 g/mol. The molecule has 0 saturated carbocycles. The van der Waals surface area contributed by atoms with Crippen LogP contribution in [0.4, 0.5) is 30.4 Å². The number of pyridine rings is 1. The van der Waals surface area contributed by atoms with Crippen molar-refractivity contribution in [2.24, 2.45) is 0 Å². The van der Waals surface area contributed by atoms with Gasteiger partial charge in [-0.1, -0.05) is 30.4 Å². The van der Waals surface area contributed by atoms with E-state index in [1.54, 1.807) is 30.5 Å². The molecule has 3 heterocycles. The monoisotopic (exact) mass is 598 g/mol. The average molecular weight is 599 g/mol. The number of nitrogens with one attached hydrogen (secondary N) is 2. The van der Waals surface area contributed by atoms with E-state index in [1.165, 1.54) is 24.3 Å². The van der Waals surface area contributed by atoms with Gasteiger partial charge >= 0.3 is 6.18 Å². The predicted octanol–water partition coefficient (Wildman–Crippen LogP) is 5.99. The van der Waals surface area contributed by atoms with Gasteiger partial charge in [-0.25, -0.2) is 4.98 Å². The van der Waals surface area contributed by atoms with E-state index in [1.807, 2.05) is 12.1 Å². The molecule has 1 fully saturated rings. The number of benzene rings is 2. The molecule has 7 nitrogen and oxygen atoms in total. The van der Waals surface area contributed by atoms with Gasteiger partial charge < -0.3 is 20.6 Å². The number of aromatic nitrogens is 1. The van der Waals surface area contributed by atoms with Gasteiger partial charge in [-0.05, 0) is 67.3 Å². The Hall–Kier alpha value is -4.15. The van der Waals surface area contributed by atoms with Crippen molar-refractivity contribution in [1.29, 1.82) is 0 Å². The molecule has 0 bridgehead atoms. The summed E-state index contributed by atoms with van der Waals surface area (Å²) in [7, 11) is 0. The van der Waals surface area contributed by atoms with E-state index in [-0.39, 0.29) is 18.8 Å². The van der Waals surface area contributed by atoms with E-state index in [4.69, 9.17) is 0 Å². The molecule has 11 heteroatoms. The standard InChI is InChI=1S/C31H29F3N4O3.ClH/c1-19-5-4-16-38(19)28-15-12-21(18-35-28)23(20-10-13-22(14-11-20)31(32,33)34)6-2-9-29(40)36-25-7-3-8-26-24(25)17-27(39)30(41)37-26;/h2-3,6-15,18-19,27,39H,4-5,16-17H2,1H3,(H,36,40)(H,37,41);1H. The molecule has 2 aliphatic heterocycles. The number of fused-ring (bicyclic) bond motifs is 1. The summed E-state index contributed by atoms with van der Waals surface area (Å²) in [6.45, 7) is 3.07. The number of allylic oxidation sites excluding steroid dienone is 2. The number of aliphatic hydroxyl groups excluding tert-OH is 1. The predicted molar refractivity (Wildman–Crippen MR) is 159 cm³/mol. The lowest BCUT2D eigenvalue weighted by Gasteiger charge is -2.23. The van der Waals surface area contributed by atoms with Gasteiger partial charge in [0.05, 0.1) is 5.56 Å². The molecule has 2 amide bonds. The number of carbonyl (C=O) groups is 2. The topological polar surface area (TPSA) is 94.6 Å². The van der Waals surface area contributed by atoms with Crippen LogP contribution in [0.1, 0.15) is 42.0 Å². The minimum absolute atomic E-state index is 0. The molecule has 0 radical (unpaired) electrons. The first-order chi connectivity index (χ1) is 19.6. The third-order valence-electron chi connectivity index (χ3n) is 7.33. The van der Waals surface area contributed by atoms with Crippen LogP contribution in [0.25, 0.3) is 5.57 Å². The normalized spacial score (nSPS) is 18.8. The van der Waals surface area contributed by atoms with Crippen molar-refractivity contribution in [2.75, 3.05) is 22.1 Å². The molecule has 2 atom stereocenters. The maximum atomic E-state index is 13.2. The Balaban J connectivity index is 0.00000405. The Morgan fingerprint density at radius 1 is 1.12 bits per heavy atom. The molecule has 0 aliphatic carbocycles. The maximum absolute atomic E-state index is 13.2. The van der Waals surface area contributed by atoms with Crippen LogP contribution in [0.5, 0.6) is 0 Å². The van der Waals surface area contributed by atoms with Crippen LogP contribution < -0.4 is 15.5 Å². The number of alkyl halides is 3. The Kier molecular flexibility index (Phi) is 9.38. The van der Waals surface area contributed by atoms with Gasteiger partial charge in [0.15, 0.2) is 0 Å². The van der Waals surface area contributed by atoms with Crippen molar-refractivity contribution >= 4 is 47.0 Å². The van der Waals surface area contributed by atoms with Crippen LogP contribution in [-0.2, 0) is 22.2 Å². The Morgan fingerprint density at radius 2 is 1.86 bits per heavy atom. The highest BCUT2D eigenvalue weighted by molar-refractivity contribution is 6.03. The second-order valence-electron chi connectivity index (χ2n) is 10.1. The second kappa shape index (κ2) is 12.8. The summed E-state index contributed by atoms with van der Waals surface area (Å²) in [6, 6.07) is 14.0. The van der Waals surface area contributed by atoms with Crippen LogP contribution in [0.2, 0.25) is 0 Å². The SMILES string of the molecule is CC1CCCN1c1ccc(C(=CC=CC(=O)Nc2cccc3c2CC(O)C(=O)N3)c2ccc(C(F)(F)F)cc2)cn1.Cl. The third-order valence-corrected chi connectivity index (χ3v) is 7.33. The fourth-order valence-corrected chi connectivity index (χ4v) is 5.14. The zero-order valence-corrected chi connectivity index (χ0v) is 23.5. The molecular formula is C31H30ClF3N4O3. The summed E-state index contributed by atoms with van der Waals surface area (Å²) in [5.74, 6) is -0.114. The lowest BCUT2D eigenvalue weighted by molar-refractivity contribution is -0.137. The maximum Gasteiger partial charge on any atom is 0.416 e. The van der Waals surface area contributed by atoms with E-state index < -0.39 is 29.7 Å². The number of rotatable bonds is 6. The van der Waals surface area contributed by atoms with E-state index in [9.17, 15) is 27.9 Å². The van der Waals surface area contributed by atoms with Crippen molar-refractivity contribution in [3.8, 4) is 0 Å². The fraction of sp³-hybridized carbons (Fsp3) is 0.258. The van der Waals surface area contributed by atoms with Crippen molar-refractivity contribution in [1.82, 2.24) is 4.98 Å². The zero-order valence-electron chi connectivity index (χ0n) is 22.7. The third kappa shape index (κ3) is 6.83. The Morgan fingerprint density at radius 3 is 2.50 bits per heavy atom. The first-order valence-corrected chi connectivity index (χ1v) is 13.3. The molecule has 2 aromatic carbocycles. The van der Waals surface area contributed by atoms with Gasteiger partial charge in [-0.3, -0.25) is 9.59 Å². The molecule has 5 rings (SSSR count). The van der Waals surface area contributed by atoms with Gasteiger partial charge in [0.25, 0.3) is 5.91 Å². The highest BCUT2D eigenvalue weighted by atomic mass is 35.5. The molecule has 0 spiro atoms. The zero-order chi connectivity index (χ0) is 29.1. The molecule has 1 aromatic heterocycles. The second-order valence-corrected chi connectivity index (χ2v) is 10.1. The largest absolute Gasteiger partial charge is 0.416 e. The van der Waals surface area contributed by atoms with Gasteiger partial charge in [0.1, 0.15) is 11.9 Å². The van der Waals surface area contributed by atoms with Crippen LogP contribution in [0.15, 0.2) is 79.0 Å². The summed E-state index contributed by atoms with van der Waals surface area (Å²) in [5, 5.41) is 15.3. The van der Waals surface area contributed by atoms with Crippen LogP contribution in [0, 0.1) is 0 Å². The van der Waals surface area contributed by atoms with E-state index >= 15 is 0 Å². The number of carbonyl (C=O) groups excluding carboxylic acids is 2. The number of aliphatic hydroxyl groups is 1. The highest BCUT2D eigenvalue weighted by Gasteiger charge is 2.30. The van der Waals surface area contributed by atoms with Crippen LogP contribution >= 0.6 is 12.4 Å². The van der Waals surface area contributed by atoms with Crippen molar-refractivity contribution in [3.05, 3.63) is 101 Å². The molecule has 220 valence electrons. The quantitative estimate of drug-likeness (QED) is 0.239. The summed E-state index contributed by atoms with van der Waals surface area (Å²) < 4.78 is 39.5. The number of nitrogens with zero attached hydrogens (tertiary/aromatic N) is 2. The summed E-state index contributed by atoms with van der Waals surface area (Å²) in [5.41, 5.74) is 2.66. The highest BCUT2D eigenvalue weighted by Crippen LogP contribution is 2.33. The van der Waals surface area contributed by atoms with E-state index in [2.05, 4.69) is 27.4 Å². The number of hydrogen-bond donors (Lipinski definition) is 3. The lowest BCUT2D eigenvalue weighted by atomic mass is 9.97. The minimum Gasteiger partial charge on any atom is -0.383 e. The molecule has 3 aromatic rings. The van der Waals surface area contributed by atoms with Gasteiger partial charge in [0, 0.05) is 53.8 Å². The molecule has 3 N–H and O–H groups in total. The summed E-state index contributed by atoms with van der Waals surface area (Å²) >= 11 is 0. The molecule has 1 saturated heterocycles. The first kappa shape index (κ1) is 30.8. The lowest BCUT2D eigenvalue weighted by Crippen LogP contribution is -2.34. The van der Waals surface area contributed by atoms with Gasteiger partial charge in [0.2, 0.25) is 5.91 Å². The molecule has 2 unspecified atom stereocenters. The summed E-state index contributed by atoms with van der Waals surface area (Å²) in [4.78, 5) is 31.4. The van der Waals surface area contributed by atoms with Crippen LogP contribution in [0.3, 0.4) is 0 Å². The smallest absolute Gasteiger partial charge is 0.383 e. The van der Waals surface area contributed by atoms with Gasteiger partial charge in [-0.15, -0.1) is 12.4 Å². The van der Waals surface area contributed by atoms with Crippen molar-refractivity contribution in [3.63, 3.8) is 0 Å². The number of anilines is 3. The van der Waals surface area contributed by atoms with Crippen LogP contribution in [-0.4, -0.2) is 40.6 Å². The van der Waals surface area contributed by atoms with E-state index in [0.29, 0.717) is 39.7 Å². The number of amides is 2. The average Bonchev–Trinajstić information content (AvgIpc) is 3.38. The summed E-state index contributed by atoms with van der Waals surface area (Å²) in [6.07, 6.45) is 2.75. The Labute approximate surface area is 247 Å². The minimum atomic E-state index is -4.45. The van der Waals surface area contributed by atoms with E-state index in [0.717, 1.165) is 37.3 Å². The first-order valence-electron chi connectivity index (χ1n) is 13.3. The van der Waals surface area contributed by atoms with Crippen molar-refractivity contribution in [2.45, 2.75) is 44.5 Å². The molecule has 2 aliphatic rings. The number of halogens is 4. The fourth-order valence-electron chi connectivity index (χ4n) is 5.14. The van der Waals surface area contributed by atoms with Crippen molar-refractivity contribution < 1.29 is 27.9 Å². The number of hydrogen-bond acceptors (Lipinski definition) is 5. The molecule has 42 heavy (non-hydrogen) atoms. The Bertz CT molecular complexity index is 1510.